The van der Waals surface area contributed by atoms with Crippen molar-refractivity contribution < 1.29 is 9.59 Å². The SMILES string of the molecule is CCn1c(SCC(=O)NC2CCCC2)nnc1[C@@H](C)NC(=O)c1ccc(Cl)cc1. The number of carbonyl (C=O) groups excluding carboxylic acids is 2. The predicted octanol–water partition coefficient (Wildman–Crippen LogP) is 3.59. The van der Waals surface area contributed by atoms with E-state index in [2.05, 4.69) is 20.8 Å². The molecule has 1 heterocycles. The molecule has 7 nitrogen and oxygen atoms in total. The van der Waals surface area contributed by atoms with Gasteiger partial charge in [-0.1, -0.05) is 36.2 Å². The third-order valence-corrected chi connectivity index (χ3v) is 6.17. The number of nitrogens with zero attached hydrogens (tertiary/aromatic N) is 3. The van der Waals surface area contributed by atoms with Crippen LogP contribution in [0.25, 0.3) is 0 Å². The lowest BCUT2D eigenvalue weighted by Crippen LogP contribution is -2.33. The number of thioether (sulfide) groups is 1. The van der Waals surface area contributed by atoms with Gasteiger partial charge in [0.05, 0.1) is 11.8 Å². The van der Waals surface area contributed by atoms with Gasteiger partial charge in [-0.05, 0) is 51.0 Å². The van der Waals surface area contributed by atoms with Crippen LogP contribution in [0.1, 0.15) is 61.8 Å². The first-order valence-electron chi connectivity index (χ1n) is 9.89. The highest BCUT2D eigenvalue weighted by molar-refractivity contribution is 7.99. The molecule has 1 aliphatic carbocycles. The monoisotopic (exact) mass is 435 g/mol. The van der Waals surface area contributed by atoms with Crippen LogP contribution in [0.3, 0.4) is 0 Å². The Balaban J connectivity index is 1.59. The number of benzene rings is 1. The van der Waals surface area contributed by atoms with Crippen LogP contribution in [0.5, 0.6) is 0 Å². The van der Waals surface area contributed by atoms with Gasteiger partial charge in [-0.15, -0.1) is 10.2 Å². The maximum atomic E-state index is 12.5. The maximum Gasteiger partial charge on any atom is 0.251 e. The van der Waals surface area contributed by atoms with E-state index in [9.17, 15) is 9.59 Å². The Bertz CT molecular complexity index is 849. The standard InChI is InChI=1S/C20H26ClN5O2S/c1-3-26-18(13(2)22-19(28)14-8-10-15(21)11-9-14)24-25-20(26)29-12-17(27)23-16-6-4-5-7-16/h8-11,13,16H,3-7,12H2,1-2H3,(H,22,28)(H,23,27)/t13-/m1/s1. The molecule has 1 aromatic heterocycles. The molecule has 1 aromatic carbocycles. The molecule has 2 N–H and O–H groups in total. The molecule has 29 heavy (non-hydrogen) atoms. The van der Waals surface area contributed by atoms with Crippen LogP contribution in [-0.4, -0.2) is 38.4 Å². The Labute approximate surface area is 180 Å². The van der Waals surface area contributed by atoms with Gasteiger partial charge in [-0.25, -0.2) is 0 Å². The van der Waals surface area contributed by atoms with Gasteiger partial charge < -0.3 is 15.2 Å². The van der Waals surface area contributed by atoms with E-state index in [1.54, 1.807) is 24.3 Å². The van der Waals surface area contributed by atoms with Crippen LogP contribution < -0.4 is 10.6 Å². The molecule has 2 amide bonds. The van der Waals surface area contributed by atoms with Gasteiger partial charge in [-0.2, -0.15) is 0 Å². The number of hydrogen-bond acceptors (Lipinski definition) is 5. The molecule has 2 aromatic rings. The predicted molar refractivity (Wildman–Crippen MR) is 114 cm³/mol. The van der Waals surface area contributed by atoms with Gasteiger partial charge in [0.2, 0.25) is 5.91 Å². The molecule has 1 saturated carbocycles. The first-order valence-corrected chi connectivity index (χ1v) is 11.3. The Kier molecular flexibility index (Phi) is 7.55. The number of halogens is 1. The number of rotatable bonds is 8. The summed E-state index contributed by atoms with van der Waals surface area (Å²) in [4.78, 5) is 24.6. The van der Waals surface area contributed by atoms with Gasteiger partial charge in [-0.3, -0.25) is 9.59 Å². The van der Waals surface area contributed by atoms with Crippen molar-refractivity contribution in [2.75, 3.05) is 5.75 Å². The molecule has 9 heteroatoms. The van der Waals surface area contributed by atoms with Crippen molar-refractivity contribution in [3.8, 4) is 0 Å². The highest BCUT2D eigenvalue weighted by Gasteiger charge is 2.21. The third kappa shape index (κ3) is 5.73. The van der Waals surface area contributed by atoms with Crippen molar-refractivity contribution >= 4 is 35.2 Å². The minimum Gasteiger partial charge on any atom is -0.353 e. The smallest absolute Gasteiger partial charge is 0.251 e. The minimum absolute atomic E-state index is 0.0261. The van der Waals surface area contributed by atoms with Crippen LogP contribution in [0.2, 0.25) is 5.02 Å². The lowest BCUT2D eigenvalue weighted by molar-refractivity contribution is -0.119. The van der Waals surface area contributed by atoms with Crippen molar-refractivity contribution in [2.24, 2.45) is 0 Å². The number of amides is 2. The topological polar surface area (TPSA) is 88.9 Å². The first-order chi connectivity index (χ1) is 14.0. The van der Waals surface area contributed by atoms with E-state index in [-0.39, 0.29) is 17.9 Å². The summed E-state index contributed by atoms with van der Waals surface area (Å²) in [7, 11) is 0. The van der Waals surface area contributed by atoms with Crippen LogP contribution in [0.15, 0.2) is 29.4 Å². The van der Waals surface area contributed by atoms with Crippen molar-refractivity contribution in [1.29, 1.82) is 0 Å². The lowest BCUT2D eigenvalue weighted by Gasteiger charge is -2.15. The van der Waals surface area contributed by atoms with Crippen molar-refractivity contribution in [3.63, 3.8) is 0 Å². The summed E-state index contributed by atoms with van der Waals surface area (Å²) in [5.74, 6) is 0.789. The summed E-state index contributed by atoms with van der Waals surface area (Å²) in [5, 5.41) is 15.8. The Morgan fingerprint density at radius 1 is 1.24 bits per heavy atom. The summed E-state index contributed by atoms with van der Waals surface area (Å²) < 4.78 is 1.93. The average Bonchev–Trinajstić information content (AvgIpc) is 3.36. The van der Waals surface area contributed by atoms with Crippen LogP contribution in [-0.2, 0) is 11.3 Å². The number of nitrogens with one attached hydrogen (secondary N) is 2. The molecule has 0 aliphatic heterocycles. The molecule has 1 aliphatic rings. The molecule has 1 fully saturated rings. The van der Waals surface area contributed by atoms with Gasteiger partial charge in [0.25, 0.3) is 5.91 Å². The Hall–Kier alpha value is -2.06. The molecular formula is C20H26ClN5O2S. The second-order valence-corrected chi connectivity index (χ2v) is 8.50. The van der Waals surface area contributed by atoms with Crippen LogP contribution in [0, 0.1) is 0 Å². The van der Waals surface area contributed by atoms with Crippen LogP contribution >= 0.6 is 23.4 Å². The summed E-state index contributed by atoms with van der Waals surface area (Å²) in [6.45, 7) is 4.50. The van der Waals surface area contributed by atoms with Gasteiger partial charge >= 0.3 is 0 Å². The maximum absolute atomic E-state index is 12.5. The number of hydrogen-bond donors (Lipinski definition) is 2. The Morgan fingerprint density at radius 2 is 1.93 bits per heavy atom. The van der Waals surface area contributed by atoms with Gasteiger partial charge in [0, 0.05) is 23.2 Å². The molecule has 0 bridgehead atoms. The van der Waals surface area contributed by atoms with Gasteiger partial charge in [0.1, 0.15) is 0 Å². The van der Waals surface area contributed by atoms with Gasteiger partial charge in [0.15, 0.2) is 11.0 Å². The quantitative estimate of drug-likeness (QED) is 0.618. The largest absolute Gasteiger partial charge is 0.353 e. The second-order valence-electron chi connectivity index (χ2n) is 7.12. The zero-order valence-electron chi connectivity index (χ0n) is 16.7. The molecule has 0 radical (unpaired) electrons. The average molecular weight is 436 g/mol. The third-order valence-electron chi connectivity index (χ3n) is 4.96. The summed E-state index contributed by atoms with van der Waals surface area (Å²) in [5.41, 5.74) is 0.530. The summed E-state index contributed by atoms with van der Waals surface area (Å²) in [6.07, 6.45) is 4.50. The fourth-order valence-electron chi connectivity index (χ4n) is 3.44. The van der Waals surface area contributed by atoms with E-state index >= 15 is 0 Å². The second kappa shape index (κ2) is 10.1. The molecule has 1 atom stereocenters. The van der Waals surface area contributed by atoms with E-state index in [1.165, 1.54) is 24.6 Å². The Morgan fingerprint density at radius 3 is 2.59 bits per heavy atom. The van der Waals surface area contributed by atoms with Crippen molar-refractivity contribution in [3.05, 3.63) is 40.7 Å². The lowest BCUT2D eigenvalue weighted by atomic mass is 10.2. The molecule has 0 saturated heterocycles. The normalized spacial score (nSPS) is 15.3. The van der Waals surface area contributed by atoms with E-state index < -0.39 is 0 Å². The minimum atomic E-state index is -0.327. The zero-order chi connectivity index (χ0) is 20.8. The fraction of sp³-hybridized carbons (Fsp3) is 0.500. The molecule has 3 rings (SSSR count). The molecular weight excluding hydrogens is 410 g/mol. The van der Waals surface area contributed by atoms with Crippen molar-refractivity contribution in [2.45, 2.75) is 63.3 Å². The first kappa shape index (κ1) is 21.6. The number of carbonyl (C=O) groups is 2. The van der Waals surface area contributed by atoms with E-state index in [1.807, 2.05) is 18.4 Å². The van der Waals surface area contributed by atoms with E-state index in [4.69, 9.17) is 11.6 Å². The summed E-state index contributed by atoms with van der Waals surface area (Å²) in [6, 6.07) is 6.71. The van der Waals surface area contributed by atoms with E-state index in [0.717, 1.165) is 12.8 Å². The fourth-order valence-corrected chi connectivity index (χ4v) is 4.39. The van der Waals surface area contributed by atoms with E-state index in [0.29, 0.717) is 39.9 Å². The van der Waals surface area contributed by atoms with Crippen molar-refractivity contribution in [1.82, 2.24) is 25.4 Å². The van der Waals surface area contributed by atoms with Crippen LogP contribution in [0.4, 0.5) is 0 Å². The highest BCUT2D eigenvalue weighted by Crippen LogP contribution is 2.22. The molecule has 0 unspecified atom stereocenters. The molecule has 156 valence electrons. The zero-order valence-corrected chi connectivity index (χ0v) is 18.2. The summed E-state index contributed by atoms with van der Waals surface area (Å²) >= 11 is 7.24. The highest BCUT2D eigenvalue weighted by atomic mass is 35.5. The molecule has 0 spiro atoms. The number of aromatic nitrogens is 3.